The summed E-state index contributed by atoms with van der Waals surface area (Å²) in [5.41, 5.74) is 0.284. The molecule has 0 aromatic carbocycles. The highest BCUT2D eigenvalue weighted by molar-refractivity contribution is 7.14. The number of hydrogen-bond acceptors (Lipinski definition) is 3. The number of nitrogens with one attached hydrogen (secondary N) is 1. The molecule has 4 nitrogen and oxygen atoms in total. The van der Waals surface area contributed by atoms with Gasteiger partial charge in [-0.15, -0.1) is 11.3 Å². The van der Waals surface area contributed by atoms with Crippen LogP contribution in [0.25, 0.3) is 0 Å². The third-order valence-corrected chi connectivity index (χ3v) is 4.72. The van der Waals surface area contributed by atoms with Gasteiger partial charge in [-0.2, -0.15) is 0 Å². The molecule has 1 aromatic rings. The first-order valence-electron chi connectivity index (χ1n) is 5.78. The molecule has 1 amide bonds. The number of aryl methyl sites for hydroxylation is 2. The zero-order valence-corrected chi connectivity index (χ0v) is 10.1. The lowest BCUT2D eigenvalue weighted by Crippen LogP contribution is -2.42. The van der Waals surface area contributed by atoms with Crippen LogP contribution in [0.1, 0.15) is 39.4 Å². The van der Waals surface area contributed by atoms with E-state index in [1.807, 2.05) is 6.07 Å². The van der Waals surface area contributed by atoms with Crippen molar-refractivity contribution in [3.8, 4) is 0 Å². The highest BCUT2D eigenvalue weighted by atomic mass is 32.1. The average Bonchev–Trinajstić information content (AvgIpc) is 2.75. The number of carbonyl (C=O) groups excluding carboxylic acids is 1. The molecule has 0 atom stereocenters. The summed E-state index contributed by atoms with van der Waals surface area (Å²) < 4.78 is 0. The van der Waals surface area contributed by atoms with Crippen LogP contribution in [0.2, 0.25) is 0 Å². The fraction of sp³-hybridized carbons (Fsp3) is 0.500. The molecule has 0 aliphatic heterocycles. The minimum Gasteiger partial charge on any atom is -0.480 e. The van der Waals surface area contributed by atoms with Gasteiger partial charge in [0.2, 0.25) is 0 Å². The summed E-state index contributed by atoms with van der Waals surface area (Å²) >= 11 is 1.51. The molecule has 1 saturated carbocycles. The van der Waals surface area contributed by atoms with E-state index in [0.29, 0.717) is 17.7 Å². The average molecular weight is 251 g/mol. The largest absolute Gasteiger partial charge is 0.480 e. The molecule has 0 radical (unpaired) electrons. The van der Waals surface area contributed by atoms with Gasteiger partial charge in [-0.25, -0.2) is 4.79 Å². The first kappa shape index (κ1) is 10.8. The van der Waals surface area contributed by atoms with E-state index in [1.54, 1.807) is 0 Å². The van der Waals surface area contributed by atoms with E-state index in [1.165, 1.54) is 28.2 Å². The second kappa shape index (κ2) is 3.57. The monoisotopic (exact) mass is 251 g/mol. The van der Waals surface area contributed by atoms with Crippen molar-refractivity contribution in [1.29, 1.82) is 0 Å². The Labute approximate surface area is 103 Å². The van der Waals surface area contributed by atoms with Gasteiger partial charge < -0.3 is 10.4 Å². The molecule has 2 N–H and O–H groups in total. The number of hydrogen-bond donors (Lipinski definition) is 2. The molecule has 3 rings (SSSR count). The minimum atomic E-state index is -0.981. The molecular formula is C12H13NO3S. The molecule has 0 saturated heterocycles. The summed E-state index contributed by atoms with van der Waals surface area (Å²) in [6.07, 6.45) is 4.35. The van der Waals surface area contributed by atoms with E-state index in [9.17, 15) is 9.59 Å². The Hall–Kier alpha value is -1.36. The van der Waals surface area contributed by atoms with E-state index in [2.05, 4.69) is 5.32 Å². The van der Waals surface area contributed by atoms with Crippen LogP contribution in [0, 0.1) is 0 Å². The molecule has 1 heterocycles. The van der Waals surface area contributed by atoms with Crippen LogP contribution in [0.3, 0.4) is 0 Å². The van der Waals surface area contributed by atoms with Crippen LogP contribution in [0.15, 0.2) is 6.07 Å². The Bertz CT molecular complexity index is 480. The van der Waals surface area contributed by atoms with Crippen molar-refractivity contribution in [3.05, 3.63) is 21.4 Å². The fourth-order valence-corrected chi connectivity index (χ4v) is 3.39. The molecule has 0 spiro atoms. The Morgan fingerprint density at radius 3 is 2.71 bits per heavy atom. The van der Waals surface area contributed by atoms with Crippen LogP contribution >= 0.6 is 11.3 Å². The van der Waals surface area contributed by atoms with E-state index in [0.717, 1.165) is 12.8 Å². The highest BCUT2D eigenvalue weighted by Gasteiger charge is 2.51. The zero-order valence-electron chi connectivity index (χ0n) is 9.28. The summed E-state index contributed by atoms with van der Waals surface area (Å²) in [6, 6.07) is 1.92. The summed E-state index contributed by atoms with van der Waals surface area (Å²) in [7, 11) is 0. The molecule has 2 aliphatic rings. The molecule has 90 valence electrons. The van der Waals surface area contributed by atoms with Crippen molar-refractivity contribution in [2.75, 3.05) is 0 Å². The standard InChI is InChI=1S/C12H13NO3S/c14-10(13-12(4-5-12)11(15)16)9-6-7-2-1-3-8(7)17-9/h6H,1-5H2,(H,13,14)(H,15,16). The van der Waals surface area contributed by atoms with Gasteiger partial charge in [0.25, 0.3) is 5.91 Å². The predicted octanol–water partition coefficient (Wildman–Crippen LogP) is 1.58. The lowest BCUT2D eigenvalue weighted by atomic mass is 10.2. The zero-order chi connectivity index (χ0) is 12.0. The van der Waals surface area contributed by atoms with Crippen molar-refractivity contribution in [3.63, 3.8) is 0 Å². The smallest absolute Gasteiger partial charge is 0.329 e. The Morgan fingerprint density at radius 1 is 1.35 bits per heavy atom. The maximum Gasteiger partial charge on any atom is 0.329 e. The lowest BCUT2D eigenvalue weighted by molar-refractivity contribution is -0.140. The van der Waals surface area contributed by atoms with Gasteiger partial charge in [0, 0.05) is 4.88 Å². The number of carboxylic acids is 1. The molecule has 5 heteroatoms. The van der Waals surface area contributed by atoms with Gasteiger partial charge in [-0.1, -0.05) is 0 Å². The molecule has 2 aliphatic carbocycles. The van der Waals surface area contributed by atoms with Gasteiger partial charge in [-0.05, 0) is 43.7 Å². The van der Waals surface area contributed by atoms with Crippen LogP contribution in [-0.4, -0.2) is 22.5 Å². The summed E-state index contributed by atoms with van der Waals surface area (Å²) in [4.78, 5) is 24.9. The number of carboxylic acid groups (broad SMARTS) is 1. The third-order valence-electron chi connectivity index (χ3n) is 3.48. The normalized spacial score (nSPS) is 19.8. The van der Waals surface area contributed by atoms with Crippen molar-refractivity contribution in [2.45, 2.75) is 37.6 Å². The second-order valence-corrected chi connectivity index (χ2v) is 5.89. The van der Waals surface area contributed by atoms with E-state index < -0.39 is 11.5 Å². The summed E-state index contributed by atoms with van der Waals surface area (Å²) in [6.45, 7) is 0. The maximum atomic E-state index is 11.9. The van der Waals surface area contributed by atoms with Crippen LogP contribution in [-0.2, 0) is 17.6 Å². The Balaban J connectivity index is 1.76. The van der Waals surface area contributed by atoms with Crippen molar-refractivity contribution < 1.29 is 14.7 Å². The molecule has 0 bridgehead atoms. The van der Waals surface area contributed by atoms with Gasteiger partial charge in [0.05, 0.1) is 4.88 Å². The number of aliphatic carboxylic acids is 1. The number of carbonyl (C=O) groups is 2. The van der Waals surface area contributed by atoms with Gasteiger partial charge >= 0.3 is 5.97 Å². The lowest BCUT2D eigenvalue weighted by Gasteiger charge is -2.11. The first-order valence-corrected chi connectivity index (χ1v) is 6.60. The van der Waals surface area contributed by atoms with Crippen molar-refractivity contribution in [2.24, 2.45) is 0 Å². The first-order chi connectivity index (χ1) is 8.11. The summed E-state index contributed by atoms with van der Waals surface area (Å²) in [5.74, 6) is -1.15. The second-order valence-electron chi connectivity index (χ2n) is 4.75. The van der Waals surface area contributed by atoms with Gasteiger partial charge in [0.1, 0.15) is 5.54 Å². The predicted molar refractivity (Wildman–Crippen MR) is 63.4 cm³/mol. The van der Waals surface area contributed by atoms with E-state index in [-0.39, 0.29) is 5.91 Å². The van der Waals surface area contributed by atoms with E-state index >= 15 is 0 Å². The van der Waals surface area contributed by atoms with Gasteiger partial charge in [-0.3, -0.25) is 4.79 Å². The Kier molecular flexibility index (Phi) is 2.26. The molecule has 1 aromatic heterocycles. The van der Waals surface area contributed by atoms with Gasteiger partial charge in [0.15, 0.2) is 0 Å². The topological polar surface area (TPSA) is 66.4 Å². The maximum absolute atomic E-state index is 11.9. The van der Waals surface area contributed by atoms with Crippen LogP contribution in [0.4, 0.5) is 0 Å². The Morgan fingerprint density at radius 2 is 2.12 bits per heavy atom. The molecular weight excluding hydrogens is 238 g/mol. The SMILES string of the molecule is O=C(NC1(C(=O)O)CC1)c1cc2c(s1)CCC2. The van der Waals surface area contributed by atoms with Crippen molar-refractivity contribution >= 4 is 23.2 Å². The number of rotatable bonds is 3. The molecule has 17 heavy (non-hydrogen) atoms. The fourth-order valence-electron chi connectivity index (χ4n) is 2.24. The number of fused-ring (bicyclic) bond motifs is 1. The molecule has 1 fully saturated rings. The highest BCUT2D eigenvalue weighted by Crippen LogP contribution is 2.37. The third kappa shape index (κ3) is 1.74. The van der Waals surface area contributed by atoms with E-state index in [4.69, 9.17) is 5.11 Å². The summed E-state index contributed by atoms with van der Waals surface area (Å²) in [5, 5.41) is 11.6. The molecule has 0 unspecified atom stereocenters. The number of thiophene rings is 1. The van der Waals surface area contributed by atoms with Crippen LogP contribution in [0.5, 0.6) is 0 Å². The van der Waals surface area contributed by atoms with Crippen molar-refractivity contribution in [1.82, 2.24) is 5.32 Å². The quantitative estimate of drug-likeness (QED) is 0.857. The van der Waals surface area contributed by atoms with Crippen LogP contribution < -0.4 is 5.32 Å². The number of amides is 1. The minimum absolute atomic E-state index is 0.232.